The Bertz CT molecular complexity index is 460. The zero-order valence-electron chi connectivity index (χ0n) is 13.3. The Kier molecular flexibility index (Phi) is 5.56. The van der Waals surface area contributed by atoms with Gasteiger partial charge in [-0.15, -0.1) is 0 Å². The number of carbonyl (C=O) groups is 1. The summed E-state index contributed by atoms with van der Waals surface area (Å²) in [6, 6.07) is 4.44. The molecule has 0 saturated carbocycles. The van der Waals surface area contributed by atoms with Crippen molar-refractivity contribution in [3.05, 3.63) is 23.9 Å². The maximum Gasteiger partial charge on any atom is 0.241 e. The smallest absolute Gasteiger partial charge is 0.241 e. The number of pyridine rings is 1. The van der Waals surface area contributed by atoms with Crippen molar-refractivity contribution in [2.75, 3.05) is 38.1 Å². The minimum absolute atomic E-state index is 0.163. The highest BCUT2D eigenvalue weighted by molar-refractivity contribution is 5.81. The normalized spacial score (nSPS) is 17.8. The van der Waals surface area contributed by atoms with Crippen LogP contribution in [0.3, 0.4) is 0 Å². The van der Waals surface area contributed by atoms with Crippen LogP contribution in [0.4, 0.5) is 5.82 Å². The first kappa shape index (κ1) is 15.8. The Morgan fingerprint density at radius 3 is 2.86 bits per heavy atom. The summed E-state index contributed by atoms with van der Waals surface area (Å²) in [5.41, 5.74) is 1.19. The molecule has 1 saturated heterocycles. The Labute approximate surface area is 127 Å². The van der Waals surface area contributed by atoms with Crippen LogP contribution in [0.15, 0.2) is 18.3 Å². The molecule has 1 fully saturated rings. The van der Waals surface area contributed by atoms with E-state index in [9.17, 15) is 4.79 Å². The second kappa shape index (κ2) is 7.41. The van der Waals surface area contributed by atoms with E-state index in [-0.39, 0.29) is 5.91 Å². The molecule has 0 aliphatic carbocycles. The summed E-state index contributed by atoms with van der Waals surface area (Å²) in [7, 11) is 1.86. The fourth-order valence-corrected chi connectivity index (χ4v) is 2.50. The van der Waals surface area contributed by atoms with Crippen molar-refractivity contribution in [2.24, 2.45) is 0 Å². The molecule has 2 rings (SSSR count). The molecule has 1 aromatic heterocycles. The van der Waals surface area contributed by atoms with Crippen molar-refractivity contribution in [1.82, 2.24) is 15.2 Å². The average molecular weight is 290 g/mol. The monoisotopic (exact) mass is 290 g/mol. The molecule has 21 heavy (non-hydrogen) atoms. The summed E-state index contributed by atoms with van der Waals surface area (Å²) < 4.78 is 0. The van der Waals surface area contributed by atoms with Crippen molar-refractivity contribution in [3.63, 3.8) is 0 Å². The van der Waals surface area contributed by atoms with Gasteiger partial charge in [-0.3, -0.25) is 4.79 Å². The molecule has 0 radical (unpaired) electrons. The van der Waals surface area contributed by atoms with E-state index in [0.29, 0.717) is 12.6 Å². The number of anilines is 1. The van der Waals surface area contributed by atoms with Gasteiger partial charge in [0.25, 0.3) is 0 Å². The molecule has 0 spiro atoms. The molecule has 2 heterocycles. The van der Waals surface area contributed by atoms with E-state index in [0.717, 1.165) is 38.3 Å². The quantitative estimate of drug-likeness (QED) is 0.898. The zero-order chi connectivity index (χ0) is 15.2. The summed E-state index contributed by atoms with van der Waals surface area (Å²) >= 11 is 0. The molecule has 0 aromatic carbocycles. The van der Waals surface area contributed by atoms with Crippen LogP contribution in [0.2, 0.25) is 0 Å². The van der Waals surface area contributed by atoms with Gasteiger partial charge in [0.2, 0.25) is 5.91 Å². The molecule has 1 N–H and O–H groups in total. The molecule has 1 aromatic rings. The van der Waals surface area contributed by atoms with Gasteiger partial charge in [-0.2, -0.15) is 0 Å². The van der Waals surface area contributed by atoms with Gasteiger partial charge < -0.3 is 15.1 Å². The maximum atomic E-state index is 11.9. The van der Waals surface area contributed by atoms with Gasteiger partial charge in [0, 0.05) is 32.4 Å². The molecule has 0 bridgehead atoms. The summed E-state index contributed by atoms with van der Waals surface area (Å²) in [4.78, 5) is 20.4. The highest BCUT2D eigenvalue weighted by atomic mass is 16.2. The molecule has 5 nitrogen and oxygen atoms in total. The second-order valence-corrected chi connectivity index (χ2v) is 5.72. The van der Waals surface area contributed by atoms with Crippen molar-refractivity contribution in [3.8, 4) is 0 Å². The first-order valence-electron chi connectivity index (χ1n) is 7.80. The Morgan fingerprint density at radius 1 is 1.38 bits per heavy atom. The lowest BCUT2D eigenvalue weighted by molar-refractivity contribution is -0.127. The third-order valence-corrected chi connectivity index (χ3v) is 3.97. The minimum Gasteiger partial charge on any atom is -0.347 e. The van der Waals surface area contributed by atoms with Crippen LogP contribution in [0.5, 0.6) is 0 Å². The third kappa shape index (κ3) is 4.17. The standard InChI is InChI=1S/C16H26N4O/c1-4-8-17-13(2)14-6-7-15(18-11-14)20-10-5-9-19(3)16(21)12-20/h6-7,11,13,17H,4-5,8-10,12H2,1-3H3. The molecule has 1 atom stereocenters. The van der Waals surface area contributed by atoms with Crippen LogP contribution in [0.25, 0.3) is 0 Å². The summed E-state index contributed by atoms with van der Waals surface area (Å²) in [5.74, 6) is 1.06. The number of hydrogen-bond donors (Lipinski definition) is 1. The maximum absolute atomic E-state index is 11.9. The van der Waals surface area contributed by atoms with E-state index in [1.54, 1.807) is 4.90 Å². The Hall–Kier alpha value is -1.62. The number of nitrogens with zero attached hydrogens (tertiary/aromatic N) is 3. The van der Waals surface area contributed by atoms with Crippen molar-refractivity contribution in [2.45, 2.75) is 32.7 Å². The largest absolute Gasteiger partial charge is 0.347 e. The molecular formula is C16H26N4O. The number of rotatable bonds is 5. The third-order valence-electron chi connectivity index (χ3n) is 3.97. The molecule has 5 heteroatoms. The first-order chi connectivity index (χ1) is 10.1. The predicted molar refractivity (Wildman–Crippen MR) is 85.4 cm³/mol. The van der Waals surface area contributed by atoms with Gasteiger partial charge in [-0.25, -0.2) is 4.98 Å². The number of hydrogen-bond acceptors (Lipinski definition) is 4. The van der Waals surface area contributed by atoms with E-state index in [1.165, 1.54) is 5.56 Å². The molecule has 1 aliphatic heterocycles. The number of amides is 1. The van der Waals surface area contributed by atoms with E-state index in [4.69, 9.17) is 0 Å². The summed E-state index contributed by atoms with van der Waals surface area (Å²) in [6.07, 6.45) is 4.03. The van der Waals surface area contributed by atoms with Gasteiger partial charge in [0.1, 0.15) is 5.82 Å². The van der Waals surface area contributed by atoms with E-state index < -0.39 is 0 Å². The van der Waals surface area contributed by atoms with Gasteiger partial charge in [-0.1, -0.05) is 13.0 Å². The second-order valence-electron chi connectivity index (χ2n) is 5.72. The predicted octanol–water partition coefficient (Wildman–Crippen LogP) is 1.81. The average Bonchev–Trinajstić information content (AvgIpc) is 2.67. The van der Waals surface area contributed by atoms with Gasteiger partial charge in [-0.05, 0) is 37.9 Å². The summed E-state index contributed by atoms with van der Waals surface area (Å²) in [6.45, 7) is 7.45. The van der Waals surface area contributed by atoms with Crippen LogP contribution < -0.4 is 10.2 Å². The first-order valence-corrected chi connectivity index (χ1v) is 7.80. The fraction of sp³-hybridized carbons (Fsp3) is 0.625. The summed E-state index contributed by atoms with van der Waals surface area (Å²) in [5, 5.41) is 3.46. The lowest BCUT2D eigenvalue weighted by Crippen LogP contribution is -2.34. The topological polar surface area (TPSA) is 48.5 Å². The highest BCUT2D eigenvalue weighted by Crippen LogP contribution is 2.17. The highest BCUT2D eigenvalue weighted by Gasteiger charge is 2.19. The fourth-order valence-electron chi connectivity index (χ4n) is 2.50. The van der Waals surface area contributed by atoms with Crippen molar-refractivity contribution >= 4 is 11.7 Å². The van der Waals surface area contributed by atoms with Crippen molar-refractivity contribution < 1.29 is 4.79 Å². The van der Waals surface area contributed by atoms with Gasteiger partial charge in [0.15, 0.2) is 0 Å². The van der Waals surface area contributed by atoms with E-state index in [2.05, 4.69) is 35.1 Å². The molecule has 1 aliphatic rings. The number of aromatic nitrogens is 1. The molecule has 116 valence electrons. The van der Waals surface area contributed by atoms with E-state index >= 15 is 0 Å². The Morgan fingerprint density at radius 2 is 2.19 bits per heavy atom. The lowest BCUT2D eigenvalue weighted by Gasteiger charge is -2.21. The van der Waals surface area contributed by atoms with Crippen LogP contribution in [-0.4, -0.2) is 49.0 Å². The van der Waals surface area contributed by atoms with Crippen LogP contribution in [-0.2, 0) is 4.79 Å². The van der Waals surface area contributed by atoms with Crippen molar-refractivity contribution in [1.29, 1.82) is 0 Å². The lowest BCUT2D eigenvalue weighted by atomic mass is 10.1. The Balaban J connectivity index is 2.02. The zero-order valence-corrected chi connectivity index (χ0v) is 13.3. The number of nitrogens with one attached hydrogen (secondary N) is 1. The molecule has 1 amide bonds. The van der Waals surface area contributed by atoms with Crippen LogP contribution >= 0.6 is 0 Å². The van der Waals surface area contributed by atoms with Gasteiger partial charge in [0.05, 0.1) is 6.54 Å². The SMILES string of the molecule is CCCNC(C)c1ccc(N2CCCN(C)C(=O)C2)nc1. The molecular weight excluding hydrogens is 264 g/mol. The van der Waals surface area contributed by atoms with Gasteiger partial charge >= 0.3 is 0 Å². The van der Waals surface area contributed by atoms with Crippen LogP contribution in [0, 0.1) is 0 Å². The number of likely N-dealkylation sites (N-methyl/N-ethyl adjacent to an activating group) is 1. The molecule has 1 unspecified atom stereocenters. The van der Waals surface area contributed by atoms with Crippen LogP contribution in [0.1, 0.15) is 38.3 Å². The number of carbonyl (C=O) groups excluding carboxylic acids is 1. The van der Waals surface area contributed by atoms with E-state index in [1.807, 2.05) is 19.3 Å². The minimum atomic E-state index is 0.163.